The van der Waals surface area contributed by atoms with Gasteiger partial charge in [0.05, 0.1) is 29.3 Å². The molecule has 9 heteroatoms. The number of piperidine rings is 1. The van der Waals surface area contributed by atoms with Crippen molar-refractivity contribution in [2.45, 2.75) is 18.8 Å². The Morgan fingerprint density at radius 2 is 1.93 bits per heavy atom. The van der Waals surface area contributed by atoms with Gasteiger partial charge in [0.2, 0.25) is 5.95 Å². The van der Waals surface area contributed by atoms with Crippen LogP contribution in [0.4, 0.5) is 17.5 Å². The molecule has 2 N–H and O–H groups in total. The molecular weight excluding hydrogens is 400 g/mol. The van der Waals surface area contributed by atoms with Gasteiger partial charge in [0, 0.05) is 55.4 Å². The third kappa shape index (κ3) is 4.21. The highest BCUT2D eigenvalue weighted by Gasteiger charge is 2.35. The first-order valence-electron chi connectivity index (χ1n) is 9.90. The van der Waals surface area contributed by atoms with Gasteiger partial charge in [0.25, 0.3) is 0 Å². The summed E-state index contributed by atoms with van der Waals surface area (Å²) < 4.78 is 0. The summed E-state index contributed by atoms with van der Waals surface area (Å²) in [5.74, 6) is 1.95. The zero-order chi connectivity index (χ0) is 21.1. The first-order chi connectivity index (χ1) is 14.5. The topological polar surface area (TPSA) is 108 Å². The molecule has 2 aliphatic heterocycles. The van der Waals surface area contributed by atoms with Crippen molar-refractivity contribution in [3.63, 3.8) is 0 Å². The van der Waals surface area contributed by atoms with Crippen LogP contribution in [-0.2, 0) is 0 Å². The second-order valence-corrected chi connectivity index (χ2v) is 8.03. The maximum absolute atomic E-state index is 9.14. The van der Waals surface area contributed by atoms with Crippen molar-refractivity contribution in [1.82, 2.24) is 19.9 Å². The molecule has 0 saturated carbocycles. The molecule has 0 amide bonds. The van der Waals surface area contributed by atoms with Crippen molar-refractivity contribution in [2.75, 3.05) is 41.7 Å². The maximum Gasteiger partial charge on any atom is 0.226 e. The fraction of sp³-hybridized carbons (Fsp3) is 0.381. The number of nitrogen functional groups attached to an aromatic ring is 1. The average molecular weight is 423 g/mol. The number of aromatic nitrogens is 4. The standard InChI is InChI=1S/C21H23ClN8/c1-14(22)2-3-18-17(24)11-27-21(28-18)30-12-16(13-30)19-20(26-7-6-25-19)29-8-4-15(10-23)5-9-29/h2-3,6-7,11,15-16H,1,4-5,8-9,12-13,24H2/b3-2-. The van der Waals surface area contributed by atoms with Gasteiger partial charge in [-0.15, -0.1) is 0 Å². The molecule has 0 spiro atoms. The summed E-state index contributed by atoms with van der Waals surface area (Å²) in [4.78, 5) is 22.5. The van der Waals surface area contributed by atoms with Gasteiger partial charge in [-0.25, -0.2) is 15.0 Å². The molecule has 2 aromatic heterocycles. The minimum absolute atomic E-state index is 0.141. The first-order valence-corrected chi connectivity index (χ1v) is 10.3. The zero-order valence-corrected chi connectivity index (χ0v) is 17.3. The lowest BCUT2D eigenvalue weighted by atomic mass is 9.94. The minimum atomic E-state index is 0.141. The van der Waals surface area contributed by atoms with Gasteiger partial charge in [0.15, 0.2) is 5.82 Å². The summed E-state index contributed by atoms with van der Waals surface area (Å²) in [7, 11) is 0. The fourth-order valence-corrected chi connectivity index (χ4v) is 3.82. The van der Waals surface area contributed by atoms with Gasteiger partial charge >= 0.3 is 0 Å². The van der Waals surface area contributed by atoms with Crippen molar-refractivity contribution in [3.05, 3.63) is 47.7 Å². The minimum Gasteiger partial charge on any atom is -0.396 e. The van der Waals surface area contributed by atoms with E-state index in [1.165, 1.54) is 0 Å². The highest BCUT2D eigenvalue weighted by atomic mass is 35.5. The van der Waals surface area contributed by atoms with Gasteiger partial charge in [-0.3, -0.25) is 4.98 Å². The normalized spacial score (nSPS) is 17.7. The van der Waals surface area contributed by atoms with Crippen molar-refractivity contribution < 1.29 is 0 Å². The molecule has 0 aliphatic carbocycles. The van der Waals surface area contributed by atoms with E-state index in [4.69, 9.17) is 22.6 Å². The molecule has 0 unspecified atom stereocenters. The first kappa shape index (κ1) is 20.1. The maximum atomic E-state index is 9.14. The summed E-state index contributed by atoms with van der Waals surface area (Å²) in [6.45, 7) is 6.83. The highest BCUT2D eigenvalue weighted by molar-refractivity contribution is 6.31. The van der Waals surface area contributed by atoms with E-state index in [2.05, 4.69) is 42.4 Å². The molecule has 4 rings (SSSR count). The highest BCUT2D eigenvalue weighted by Crippen LogP contribution is 2.34. The molecule has 0 atom stereocenters. The molecule has 2 aliphatic rings. The predicted octanol–water partition coefficient (Wildman–Crippen LogP) is 2.96. The van der Waals surface area contributed by atoms with Crippen molar-refractivity contribution in [3.8, 4) is 6.07 Å². The van der Waals surface area contributed by atoms with E-state index in [9.17, 15) is 0 Å². The Kier molecular flexibility index (Phi) is 5.81. The van der Waals surface area contributed by atoms with Crippen molar-refractivity contribution in [2.24, 2.45) is 5.92 Å². The number of nitrogens with zero attached hydrogens (tertiary/aromatic N) is 7. The van der Waals surface area contributed by atoms with Crippen LogP contribution in [0.2, 0.25) is 0 Å². The molecule has 8 nitrogen and oxygen atoms in total. The summed E-state index contributed by atoms with van der Waals surface area (Å²) in [5.41, 5.74) is 8.07. The Morgan fingerprint density at radius 3 is 2.63 bits per heavy atom. The molecule has 2 fully saturated rings. The van der Waals surface area contributed by atoms with E-state index >= 15 is 0 Å². The van der Waals surface area contributed by atoms with Crippen LogP contribution in [0.5, 0.6) is 0 Å². The van der Waals surface area contributed by atoms with E-state index in [1.54, 1.807) is 30.7 Å². The van der Waals surface area contributed by atoms with Gasteiger partial charge in [-0.1, -0.05) is 18.2 Å². The summed E-state index contributed by atoms with van der Waals surface area (Å²) in [6, 6.07) is 2.37. The van der Waals surface area contributed by atoms with Crippen molar-refractivity contribution >= 4 is 35.1 Å². The molecule has 2 saturated heterocycles. The Morgan fingerprint density at radius 1 is 1.20 bits per heavy atom. The van der Waals surface area contributed by atoms with Gasteiger partial charge < -0.3 is 15.5 Å². The molecule has 0 radical (unpaired) electrons. The molecule has 4 heterocycles. The van der Waals surface area contributed by atoms with E-state index in [0.29, 0.717) is 22.4 Å². The SMILES string of the molecule is C=C(Cl)/C=C\c1nc(N2CC(c3nccnc3N3CCC(C#N)CC3)C2)ncc1N. The van der Waals surface area contributed by atoms with Crippen LogP contribution in [0.25, 0.3) is 6.08 Å². The smallest absolute Gasteiger partial charge is 0.226 e. The van der Waals surface area contributed by atoms with Crippen LogP contribution in [0, 0.1) is 17.2 Å². The molecule has 0 bridgehead atoms. The Bertz CT molecular complexity index is 1000. The van der Waals surface area contributed by atoms with E-state index in [1.807, 2.05) is 0 Å². The van der Waals surface area contributed by atoms with E-state index in [-0.39, 0.29) is 11.8 Å². The Labute approximate surface area is 180 Å². The summed E-state index contributed by atoms with van der Waals surface area (Å²) in [6.07, 6.45) is 10.2. The summed E-state index contributed by atoms with van der Waals surface area (Å²) in [5, 5.41) is 9.55. The second kappa shape index (κ2) is 8.67. The number of nitrogens with two attached hydrogens (primary N) is 1. The number of anilines is 3. The molecular formula is C21H23ClN8. The van der Waals surface area contributed by atoms with Crippen LogP contribution in [-0.4, -0.2) is 46.1 Å². The predicted molar refractivity (Wildman–Crippen MR) is 118 cm³/mol. The lowest BCUT2D eigenvalue weighted by molar-refractivity contribution is 0.472. The zero-order valence-electron chi connectivity index (χ0n) is 16.6. The van der Waals surface area contributed by atoms with E-state index < -0.39 is 0 Å². The van der Waals surface area contributed by atoms with E-state index in [0.717, 1.165) is 50.5 Å². The number of nitriles is 1. The molecule has 0 aromatic carbocycles. The van der Waals surface area contributed by atoms with Gasteiger partial charge in [-0.05, 0) is 25.0 Å². The van der Waals surface area contributed by atoms with Crippen LogP contribution in [0.1, 0.15) is 30.1 Å². The monoisotopic (exact) mass is 422 g/mol. The van der Waals surface area contributed by atoms with Gasteiger partial charge in [0.1, 0.15) is 0 Å². The largest absolute Gasteiger partial charge is 0.396 e. The lowest BCUT2D eigenvalue weighted by Crippen LogP contribution is -2.47. The van der Waals surface area contributed by atoms with Crippen molar-refractivity contribution in [1.29, 1.82) is 5.26 Å². The number of halogens is 1. The number of rotatable bonds is 5. The lowest BCUT2D eigenvalue weighted by Gasteiger charge is -2.40. The number of allylic oxidation sites excluding steroid dienone is 2. The van der Waals surface area contributed by atoms with Crippen LogP contribution < -0.4 is 15.5 Å². The Balaban J connectivity index is 1.46. The van der Waals surface area contributed by atoms with Gasteiger partial charge in [-0.2, -0.15) is 5.26 Å². The Hall–Kier alpha value is -3.18. The molecule has 2 aromatic rings. The summed E-state index contributed by atoms with van der Waals surface area (Å²) >= 11 is 5.79. The number of hydrogen-bond donors (Lipinski definition) is 1. The van der Waals surface area contributed by atoms with Crippen LogP contribution >= 0.6 is 11.6 Å². The van der Waals surface area contributed by atoms with Crippen LogP contribution in [0.15, 0.2) is 36.3 Å². The fourth-order valence-electron chi connectivity index (χ4n) is 3.76. The van der Waals surface area contributed by atoms with Crippen LogP contribution in [0.3, 0.4) is 0 Å². The quantitative estimate of drug-likeness (QED) is 0.732. The third-order valence-electron chi connectivity index (χ3n) is 5.49. The molecule has 30 heavy (non-hydrogen) atoms. The number of hydrogen-bond acceptors (Lipinski definition) is 8. The molecule has 154 valence electrons. The average Bonchev–Trinajstić information content (AvgIpc) is 2.73. The third-order valence-corrected chi connectivity index (χ3v) is 5.62. The second-order valence-electron chi connectivity index (χ2n) is 7.55.